The summed E-state index contributed by atoms with van der Waals surface area (Å²) in [6.45, 7) is 0.122. The third-order valence-corrected chi connectivity index (χ3v) is 3.77. The smallest absolute Gasteiger partial charge is 0.404 e. The standard InChI is InChI=1S/C18H15ClF3N5O2/c19-12-9-11(4-5-15(12)29-18(20,21)22)25-16-10-14(13-3-1-2-6-23-13)26-17(27-16)24-7-8-28/h1-6,9-10,28H,7-8H2,(H2,24,25,26,27). The van der Waals surface area contributed by atoms with Crippen molar-refractivity contribution in [2.75, 3.05) is 23.8 Å². The maximum atomic E-state index is 12.4. The second kappa shape index (κ2) is 8.93. The van der Waals surface area contributed by atoms with Crippen molar-refractivity contribution in [1.29, 1.82) is 0 Å². The van der Waals surface area contributed by atoms with E-state index in [-0.39, 0.29) is 24.1 Å². The van der Waals surface area contributed by atoms with Crippen LogP contribution in [-0.4, -0.2) is 39.6 Å². The third kappa shape index (κ3) is 5.93. The van der Waals surface area contributed by atoms with Crippen LogP contribution in [0.5, 0.6) is 5.75 Å². The molecule has 0 bridgehead atoms. The number of ether oxygens (including phenoxy) is 1. The van der Waals surface area contributed by atoms with Crippen molar-refractivity contribution >= 4 is 29.1 Å². The van der Waals surface area contributed by atoms with Gasteiger partial charge in [-0.05, 0) is 30.3 Å². The first-order valence-electron chi connectivity index (χ1n) is 8.31. The summed E-state index contributed by atoms with van der Waals surface area (Å²) >= 11 is 5.88. The first-order chi connectivity index (χ1) is 13.8. The fourth-order valence-corrected chi connectivity index (χ4v) is 2.56. The molecule has 29 heavy (non-hydrogen) atoms. The predicted molar refractivity (Wildman–Crippen MR) is 102 cm³/mol. The average molecular weight is 426 g/mol. The predicted octanol–water partition coefficient (Wildman–Crippen LogP) is 4.24. The summed E-state index contributed by atoms with van der Waals surface area (Å²) in [7, 11) is 0. The van der Waals surface area contributed by atoms with Crippen LogP contribution >= 0.6 is 11.6 Å². The molecule has 0 amide bonds. The molecule has 2 heterocycles. The van der Waals surface area contributed by atoms with Gasteiger partial charge in [-0.2, -0.15) is 4.98 Å². The van der Waals surface area contributed by atoms with Gasteiger partial charge in [-0.3, -0.25) is 4.98 Å². The number of hydrogen-bond donors (Lipinski definition) is 3. The lowest BCUT2D eigenvalue weighted by molar-refractivity contribution is -0.274. The molecule has 0 fully saturated rings. The number of aromatic nitrogens is 3. The van der Waals surface area contributed by atoms with Crippen LogP contribution in [-0.2, 0) is 0 Å². The topological polar surface area (TPSA) is 92.2 Å². The van der Waals surface area contributed by atoms with Crippen molar-refractivity contribution in [2.45, 2.75) is 6.36 Å². The fourth-order valence-electron chi connectivity index (χ4n) is 2.34. The minimum absolute atomic E-state index is 0.115. The summed E-state index contributed by atoms with van der Waals surface area (Å²) in [6.07, 6.45) is -3.22. The Balaban J connectivity index is 1.88. The summed E-state index contributed by atoms with van der Waals surface area (Å²) in [6, 6.07) is 10.7. The molecule has 0 atom stereocenters. The van der Waals surface area contributed by atoms with Gasteiger partial charge in [-0.25, -0.2) is 4.98 Å². The Morgan fingerprint density at radius 3 is 2.55 bits per heavy atom. The molecule has 1 aromatic carbocycles. The van der Waals surface area contributed by atoms with Crippen molar-refractivity contribution in [2.24, 2.45) is 0 Å². The number of halogens is 4. The van der Waals surface area contributed by atoms with Crippen molar-refractivity contribution in [3.8, 4) is 17.1 Å². The average Bonchev–Trinajstić information content (AvgIpc) is 2.68. The normalized spacial score (nSPS) is 11.2. The van der Waals surface area contributed by atoms with Crippen molar-refractivity contribution in [1.82, 2.24) is 15.0 Å². The first kappa shape index (κ1) is 20.6. The Bertz CT molecular complexity index is 973. The Morgan fingerprint density at radius 2 is 1.90 bits per heavy atom. The number of aliphatic hydroxyl groups excluding tert-OH is 1. The molecule has 0 unspecified atom stereocenters. The van der Waals surface area contributed by atoms with Gasteiger partial charge in [0.05, 0.1) is 23.0 Å². The molecule has 2 aromatic heterocycles. The largest absolute Gasteiger partial charge is 0.573 e. The monoisotopic (exact) mass is 425 g/mol. The molecule has 0 saturated carbocycles. The van der Waals surface area contributed by atoms with E-state index < -0.39 is 12.1 Å². The second-order valence-electron chi connectivity index (χ2n) is 5.65. The Kier molecular flexibility index (Phi) is 6.35. The maximum absolute atomic E-state index is 12.4. The lowest BCUT2D eigenvalue weighted by atomic mass is 10.2. The van der Waals surface area contributed by atoms with Crippen molar-refractivity contribution in [3.05, 3.63) is 53.7 Å². The van der Waals surface area contributed by atoms with E-state index in [0.29, 0.717) is 22.9 Å². The number of benzene rings is 1. The number of rotatable bonds is 7. The quantitative estimate of drug-likeness (QED) is 0.521. The van der Waals surface area contributed by atoms with E-state index in [1.807, 2.05) is 0 Å². The number of nitrogens with zero attached hydrogens (tertiary/aromatic N) is 3. The van der Waals surface area contributed by atoms with Gasteiger partial charge in [0, 0.05) is 24.5 Å². The van der Waals surface area contributed by atoms with Crippen LogP contribution < -0.4 is 15.4 Å². The van der Waals surface area contributed by atoms with E-state index in [4.69, 9.17) is 16.7 Å². The first-order valence-corrected chi connectivity index (χ1v) is 8.69. The SMILES string of the molecule is OCCNc1nc(Nc2ccc(OC(F)(F)F)c(Cl)c2)cc(-c2ccccn2)n1. The summed E-state index contributed by atoms with van der Waals surface area (Å²) in [5.41, 5.74) is 1.49. The van der Waals surface area contributed by atoms with Crippen molar-refractivity contribution < 1.29 is 23.0 Å². The number of hydrogen-bond acceptors (Lipinski definition) is 7. The molecule has 7 nitrogen and oxygen atoms in total. The number of anilines is 3. The molecule has 3 rings (SSSR count). The molecule has 0 aliphatic rings. The van der Waals surface area contributed by atoms with Crippen LogP contribution in [0.2, 0.25) is 5.02 Å². The van der Waals surface area contributed by atoms with Gasteiger partial charge in [-0.15, -0.1) is 13.2 Å². The molecule has 0 radical (unpaired) electrons. The highest BCUT2D eigenvalue weighted by molar-refractivity contribution is 6.32. The van der Waals surface area contributed by atoms with Gasteiger partial charge in [0.15, 0.2) is 0 Å². The Labute approximate surface area is 168 Å². The Hall–Kier alpha value is -3.11. The third-order valence-electron chi connectivity index (χ3n) is 3.48. The molecule has 152 valence electrons. The van der Waals surface area contributed by atoms with Crippen LogP contribution in [0.3, 0.4) is 0 Å². The highest BCUT2D eigenvalue weighted by Crippen LogP contribution is 2.33. The van der Waals surface area contributed by atoms with Gasteiger partial charge in [0.25, 0.3) is 0 Å². The molecule has 0 aliphatic carbocycles. The number of aliphatic hydroxyl groups is 1. The number of pyridine rings is 1. The van der Waals surface area contributed by atoms with E-state index in [1.165, 1.54) is 12.1 Å². The summed E-state index contributed by atoms with van der Waals surface area (Å²) in [4.78, 5) is 12.9. The maximum Gasteiger partial charge on any atom is 0.573 e. The van der Waals surface area contributed by atoms with Crippen LogP contribution in [0, 0.1) is 0 Å². The van der Waals surface area contributed by atoms with Crippen LogP contribution in [0.1, 0.15) is 0 Å². The van der Waals surface area contributed by atoms with E-state index >= 15 is 0 Å². The fraction of sp³-hybridized carbons (Fsp3) is 0.167. The molecule has 0 spiro atoms. The highest BCUT2D eigenvalue weighted by atomic mass is 35.5. The zero-order valence-electron chi connectivity index (χ0n) is 14.7. The summed E-state index contributed by atoms with van der Waals surface area (Å²) < 4.78 is 41.0. The van der Waals surface area contributed by atoms with Crippen LogP contribution in [0.15, 0.2) is 48.7 Å². The molecule has 0 saturated heterocycles. The zero-order valence-corrected chi connectivity index (χ0v) is 15.5. The molecule has 3 aromatic rings. The Morgan fingerprint density at radius 1 is 1.07 bits per heavy atom. The second-order valence-corrected chi connectivity index (χ2v) is 6.05. The van der Waals surface area contributed by atoms with Gasteiger partial charge in [0.1, 0.15) is 11.6 Å². The van der Waals surface area contributed by atoms with E-state index in [1.54, 1.807) is 30.5 Å². The molecular weight excluding hydrogens is 411 g/mol. The molecule has 11 heteroatoms. The minimum atomic E-state index is -4.84. The van der Waals surface area contributed by atoms with E-state index in [9.17, 15) is 13.2 Å². The van der Waals surface area contributed by atoms with E-state index in [0.717, 1.165) is 6.07 Å². The van der Waals surface area contributed by atoms with Gasteiger partial charge in [0.2, 0.25) is 5.95 Å². The molecule has 3 N–H and O–H groups in total. The number of nitrogens with one attached hydrogen (secondary N) is 2. The summed E-state index contributed by atoms with van der Waals surface area (Å²) in [5, 5.41) is 14.6. The molecular formula is C18H15ClF3N5O2. The molecule has 0 aliphatic heterocycles. The minimum Gasteiger partial charge on any atom is -0.404 e. The van der Waals surface area contributed by atoms with Crippen LogP contribution in [0.25, 0.3) is 11.4 Å². The van der Waals surface area contributed by atoms with Gasteiger partial charge < -0.3 is 20.5 Å². The lowest BCUT2D eigenvalue weighted by Gasteiger charge is -2.13. The van der Waals surface area contributed by atoms with Crippen LogP contribution in [0.4, 0.5) is 30.6 Å². The van der Waals surface area contributed by atoms with Crippen molar-refractivity contribution in [3.63, 3.8) is 0 Å². The highest BCUT2D eigenvalue weighted by Gasteiger charge is 2.32. The summed E-state index contributed by atoms with van der Waals surface area (Å²) in [5.74, 6) is 0.0846. The van der Waals surface area contributed by atoms with E-state index in [2.05, 4.69) is 30.3 Å². The van der Waals surface area contributed by atoms with Gasteiger partial charge in [-0.1, -0.05) is 17.7 Å². The zero-order chi connectivity index (χ0) is 20.9. The van der Waals surface area contributed by atoms with Gasteiger partial charge >= 0.3 is 6.36 Å². The number of alkyl halides is 3. The lowest BCUT2D eigenvalue weighted by Crippen LogP contribution is -2.17.